The first kappa shape index (κ1) is 34.1. The van der Waals surface area contributed by atoms with Crippen molar-refractivity contribution in [2.45, 2.75) is 82.4 Å². The topological polar surface area (TPSA) is 151 Å². The number of rotatable bonds is 13. The second-order valence-corrected chi connectivity index (χ2v) is 9.21. The van der Waals surface area contributed by atoms with E-state index in [1.54, 1.807) is 12.1 Å². The fraction of sp³-hybridized carbons (Fsp3) is 0.750. The van der Waals surface area contributed by atoms with Gasteiger partial charge in [-0.1, -0.05) is 82.9 Å². The van der Waals surface area contributed by atoms with Crippen LogP contribution in [-0.2, 0) is 21.3 Å². The molecule has 0 radical (unpaired) electrons. The molecule has 0 atom stereocenters. The number of unbranched alkanes of at least 4 members (excludes halogenated alkanes) is 9. The molecule has 1 heterocycles. The first-order valence-electron chi connectivity index (χ1n) is 12.0. The van der Waals surface area contributed by atoms with Crippen molar-refractivity contribution in [1.82, 2.24) is 11.5 Å². The van der Waals surface area contributed by atoms with Crippen molar-refractivity contribution in [2.75, 3.05) is 39.5 Å². The molecule has 8 nitrogen and oxygen atoms in total. The normalized spacial score (nSPS) is 13.1. The zero-order valence-electron chi connectivity index (χ0n) is 20.5. The summed E-state index contributed by atoms with van der Waals surface area (Å²) in [4.78, 5) is 0.0610. The number of nitrogens with one attached hydrogen (secondary N) is 1. The summed E-state index contributed by atoms with van der Waals surface area (Å²) in [6.07, 6.45) is 13.3. The van der Waals surface area contributed by atoms with Crippen LogP contribution in [0.5, 0.6) is 0 Å². The number of benzene rings is 1. The van der Waals surface area contributed by atoms with E-state index in [-0.39, 0.29) is 24.3 Å². The highest BCUT2D eigenvalue weighted by atomic mass is 32.2. The minimum atomic E-state index is -4.10. The summed E-state index contributed by atoms with van der Waals surface area (Å²) in [5, 5.41) is 18.4. The summed E-state index contributed by atoms with van der Waals surface area (Å²) in [6, 6.07) is 6.73. The zero-order chi connectivity index (χ0) is 23.9. The highest BCUT2D eigenvalue weighted by Crippen LogP contribution is 2.18. The fourth-order valence-electron chi connectivity index (χ4n) is 3.28. The molecule has 1 aliphatic rings. The predicted octanol–water partition coefficient (Wildman–Crippen LogP) is 4.14. The molecule has 0 spiro atoms. The molecule has 0 unspecified atom stereocenters. The summed E-state index contributed by atoms with van der Waals surface area (Å²) >= 11 is 0. The van der Waals surface area contributed by atoms with Gasteiger partial charge in [-0.3, -0.25) is 4.55 Å². The van der Waals surface area contributed by atoms with Crippen molar-refractivity contribution in [3.63, 3.8) is 0 Å². The van der Waals surface area contributed by atoms with Gasteiger partial charge in [-0.2, -0.15) is 8.42 Å². The Bertz CT molecular complexity index is 626. The number of aryl methyl sites for hydroxylation is 1. The van der Waals surface area contributed by atoms with Crippen molar-refractivity contribution in [3.8, 4) is 0 Å². The van der Waals surface area contributed by atoms with Crippen LogP contribution in [0.2, 0.25) is 0 Å². The van der Waals surface area contributed by atoms with Gasteiger partial charge in [0, 0.05) is 13.1 Å². The molecule has 1 aromatic rings. The molecule has 1 aliphatic heterocycles. The Hall–Kier alpha value is -1.07. The first-order chi connectivity index (χ1) is 15.5. The van der Waals surface area contributed by atoms with Gasteiger partial charge in [0.05, 0.1) is 31.3 Å². The van der Waals surface area contributed by atoms with Gasteiger partial charge in [0.1, 0.15) is 0 Å². The molecule has 33 heavy (non-hydrogen) atoms. The third-order valence-corrected chi connectivity index (χ3v) is 5.95. The van der Waals surface area contributed by atoms with E-state index in [0.29, 0.717) is 6.42 Å². The molecule has 0 saturated carbocycles. The van der Waals surface area contributed by atoms with Crippen LogP contribution in [0.15, 0.2) is 29.2 Å². The van der Waals surface area contributed by atoms with Gasteiger partial charge in [-0.25, -0.2) is 0 Å². The van der Waals surface area contributed by atoms with Crippen LogP contribution in [0.3, 0.4) is 0 Å². The molecule has 2 rings (SSSR count). The molecule has 0 amide bonds. The van der Waals surface area contributed by atoms with E-state index in [2.05, 4.69) is 12.2 Å². The lowest BCUT2D eigenvalue weighted by Gasteiger charge is -2.10. The number of aliphatic hydroxyl groups excluding tert-OH is 2. The zero-order valence-corrected chi connectivity index (χ0v) is 21.3. The fourth-order valence-corrected chi connectivity index (χ4v) is 4.03. The molecule has 1 saturated heterocycles. The lowest BCUT2D eigenvalue weighted by molar-refractivity contribution is 0.109. The largest absolute Gasteiger partial charge is 0.394 e. The maximum absolute atomic E-state index is 11.3. The number of morpholine rings is 1. The Morgan fingerprint density at radius 2 is 1.33 bits per heavy atom. The van der Waals surface area contributed by atoms with Crippen LogP contribution in [0.25, 0.3) is 0 Å². The minimum absolute atomic E-state index is 0. The van der Waals surface area contributed by atoms with Crippen LogP contribution >= 0.6 is 0 Å². The van der Waals surface area contributed by atoms with E-state index < -0.39 is 10.1 Å². The Labute approximate surface area is 201 Å². The standard InChI is InChI=1S/C18H30O3S.C4H9NO.C2H6O2.H3N/c1-2-3-4-5-6-7-8-9-10-11-14-17-15-12-13-16-18(17)22(19,20)21;1-3-6-4-2-5-1;3-1-2-4;/h12-13,15-16H,2-11,14H2,1H3,(H,19,20,21);5H,1-4H2;3-4H,1-2H2;1H3. The Morgan fingerprint density at radius 3 is 1.73 bits per heavy atom. The maximum Gasteiger partial charge on any atom is 0.294 e. The van der Waals surface area contributed by atoms with Crippen molar-refractivity contribution < 1.29 is 27.9 Å². The number of hydrogen-bond acceptors (Lipinski definition) is 7. The van der Waals surface area contributed by atoms with E-state index in [0.717, 1.165) is 44.7 Å². The molecule has 9 heteroatoms. The Balaban J connectivity index is 0. The smallest absolute Gasteiger partial charge is 0.294 e. The van der Waals surface area contributed by atoms with Gasteiger partial charge in [0.15, 0.2) is 0 Å². The van der Waals surface area contributed by atoms with Crippen LogP contribution in [0.1, 0.15) is 76.7 Å². The summed E-state index contributed by atoms with van der Waals surface area (Å²) < 4.78 is 36.8. The highest BCUT2D eigenvalue weighted by molar-refractivity contribution is 7.85. The van der Waals surface area contributed by atoms with Crippen LogP contribution in [0, 0.1) is 0 Å². The molecule has 0 bridgehead atoms. The lowest BCUT2D eigenvalue weighted by atomic mass is 10.0. The van der Waals surface area contributed by atoms with Crippen LogP contribution in [-0.4, -0.2) is 62.7 Å². The predicted molar refractivity (Wildman–Crippen MR) is 135 cm³/mol. The third kappa shape index (κ3) is 21.2. The second kappa shape index (κ2) is 24.1. The monoisotopic (exact) mass is 492 g/mol. The van der Waals surface area contributed by atoms with Gasteiger partial charge in [0.2, 0.25) is 0 Å². The second-order valence-electron chi connectivity index (χ2n) is 7.82. The van der Waals surface area contributed by atoms with Gasteiger partial charge in [0.25, 0.3) is 10.1 Å². The van der Waals surface area contributed by atoms with Gasteiger partial charge in [-0.15, -0.1) is 0 Å². The van der Waals surface area contributed by atoms with E-state index in [4.69, 9.17) is 14.9 Å². The van der Waals surface area contributed by atoms with E-state index in [1.165, 1.54) is 57.4 Å². The summed E-state index contributed by atoms with van der Waals surface area (Å²) in [6.45, 7) is 5.82. The minimum Gasteiger partial charge on any atom is -0.394 e. The first-order valence-corrected chi connectivity index (χ1v) is 13.5. The molecule has 1 fully saturated rings. The molecular weight excluding hydrogens is 444 g/mol. The van der Waals surface area contributed by atoms with E-state index in [9.17, 15) is 13.0 Å². The van der Waals surface area contributed by atoms with E-state index in [1.807, 2.05) is 6.07 Å². The van der Waals surface area contributed by atoms with Crippen molar-refractivity contribution in [1.29, 1.82) is 0 Å². The number of hydrogen-bond donors (Lipinski definition) is 5. The highest BCUT2D eigenvalue weighted by Gasteiger charge is 2.13. The molecule has 0 aromatic heterocycles. The summed E-state index contributed by atoms with van der Waals surface area (Å²) in [5.41, 5.74) is 0.726. The quantitative estimate of drug-likeness (QED) is 0.204. The maximum atomic E-state index is 11.3. The molecule has 1 aromatic carbocycles. The molecule has 196 valence electrons. The average Bonchev–Trinajstić information content (AvgIpc) is 2.81. The summed E-state index contributed by atoms with van der Waals surface area (Å²) in [7, 11) is -4.10. The molecule has 0 aliphatic carbocycles. The Kier molecular flexibility index (Phi) is 24.9. The van der Waals surface area contributed by atoms with E-state index >= 15 is 0 Å². The number of ether oxygens (including phenoxy) is 1. The SMILES string of the molecule is C1COCCN1.CCCCCCCCCCCCc1ccccc1S(=O)(=O)O.N.OCCO. The average molecular weight is 493 g/mol. The van der Waals surface area contributed by atoms with Crippen LogP contribution in [0.4, 0.5) is 0 Å². The third-order valence-electron chi connectivity index (χ3n) is 5.00. The lowest BCUT2D eigenvalue weighted by Crippen LogP contribution is -2.30. The van der Waals surface area contributed by atoms with Crippen molar-refractivity contribution in [2.24, 2.45) is 0 Å². The van der Waals surface area contributed by atoms with Gasteiger partial charge < -0.3 is 26.4 Å². The van der Waals surface area contributed by atoms with Crippen molar-refractivity contribution in [3.05, 3.63) is 29.8 Å². The number of aliphatic hydroxyl groups is 2. The van der Waals surface area contributed by atoms with Crippen molar-refractivity contribution >= 4 is 10.1 Å². The van der Waals surface area contributed by atoms with Gasteiger partial charge >= 0.3 is 0 Å². The Morgan fingerprint density at radius 1 is 0.848 bits per heavy atom. The molecular formula is C24H48N2O6S. The van der Waals surface area contributed by atoms with Crippen LogP contribution < -0.4 is 11.5 Å². The van der Waals surface area contributed by atoms with Gasteiger partial charge in [-0.05, 0) is 24.5 Å². The summed E-state index contributed by atoms with van der Waals surface area (Å²) in [5.74, 6) is 0. The molecule has 7 N–H and O–H groups in total.